The normalized spacial score (nSPS) is 14.1. The van der Waals surface area contributed by atoms with Gasteiger partial charge in [0.05, 0.1) is 27.0 Å². The van der Waals surface area contributed by atoms with E-state index >= 15 is 0 Å². The Bertz CT molecular complexity index is 2060. The molecule has 1 heterocycles. The third-order valence-electron chi connectivity index (χ3n) is 11.8. The molecule has 288 valence electrons. The lowest BCUT2D eigenvalue weighted by Gasteiger charge is -2.35. The highest BCUT2D eigenvalue weighted by Crippen LogP contribution is 2.45. The summed E-state index contributed by atoms with van der Waals surface area (Å²) < 4.78 is 17.6. The number of methoxy groups -OCH3 is 3. The van der Waals surface area contributed by atoms with Crippen LogP contribution in [0.1, 0.15) is 97.2 Å². The van der Waals surface area contributed by atoms with Gasteiger partial charge in [-0.05, 0) is 164 Å². The van der Waals surface area contributed by atoms with Crippen LogP contribution in [0, 0.1) is 6.92 Å². The minimum absolute atomic E-state index is 0.352. The van der Waals surface area contributed by atoms with E-state index in [4.69, 9.17) is 19.2 Å². The number of hydrogen-bond acceptors (Lipinski definition) is 6. The predicted octanol–water partition coefficient (Wildman–Crippen LogP) is 11.0. The zero-order valence-corrected chi connectivity index (χ0v) is 33.8. The molecule has 0 bridgehead atoms. The Morgan fingerprint density at radius 2 is 1.56 bits per heavy atom. The fourth-order valence-electron chi connectivity index (χ4n) is 8.64. The molecule has 0 saturated heterocycles. The SMILES string of the molecule is CCCc1c(OC)cc(-c2ccccc2CN(c2ccc3c(c2)CCC3)C(CC)CCNCc2ccnc(-c3cc(OC)c(C)c(C4CC4)c3)c2)cc1OC. The Morgan fingerprint density at radius 3 is 2.29 bits per heavy atom. The van der Waals surface area contributed by atoms with Gasteiger partial charge in [0.2, 0.25) is 0 Å². The maximum absolute atomic E-state index is 5.93. The summed E-state index contributed by atoms with van der Waals surface area (Å²) in [7, 11) is 5.29. The van der Waals surface area contributed by atoms with Crippen LogP contribution in [0.4, 0.5) is 5.69 Å². The molecule has 5 aromatic rings. The molecule has 1 fully saturated rings. The zero-order valence-electron chi connectivity index (χ0n) is 33.8. The summed E-state index contributed by atoms with van der Waals surface area (Å²) in [6.07, 6.45) is 12.1. The van der Waals surface area contributed by atoms with Gasteiger partial charge in [-0.2, -0.15) is 0 Å². The number of anilines is 1. The number of nitrogens with zero attached hydrogens (tertiary/aromatic N) is 2. The van der Waals surface area contributed by atoms with Crippen LogP contribution in [0.2, 0.25) is 0 Å². The van der Waals surface area contributed by atoms with Crippen molar-refractivity contribution in [3.8, 4) is 39.6 Å². The third-order valence-corrected chi connectivity index (χ3v) is 11.8. The molecule has 0 radical (unpaired) electrons. The molecule has 0 spiro atoms. The van der Waals surface area contributed by atoms with Crippen LogP contribution < -0.4 is 24.4 Å². The van der Waals surface area contributed by atoms with E-state index in [0.29, 0.717) is 12.0 Å². The van der Waals surface area contributed by atoms with Crippen molar-refractivity contribution in [2.45, 2.75) is 104 Å². The number of pyridine rings is 1. The first-order chi connectivity index (χ1) is 26.9. The van der Waals surface area contributed by atoms with Crippen molar-refractivity contribution in [1.29, 1.82) is 0 Å². The summed E-state index contributed by atoms with van der Waals surface area (Å²) in [5.74, 6) is 3.39. The Labute approximate surface area is 329 Å². The highest BCUT2D eigenvalue weighted by Gasteiger charge is 2.27. The van der Waals surface area contributed by atoms with Gasteiger partial charge < -0.3 is 24.4 Å². The van der Waals surface area contributed by atoms with E-state index < -0.39 is 0 Å². The minimum Gasteiger partial charge on any atom is -0.496 e. The van der Waals surface area contributed by atoms with Gasteiger partial charge in [0.1, 0.15) is 17.2 Å². The molecule has 4 aromatic carbocycles. The van der Waals surface area contributed by atoms with Crippen LogP contribution in [-0.2, 0) is 32.4 Å². The van der Waals surface area contributed by atoms with Gasteiger partial charge in [0, 0.05) is 42.1 Å². The van der Waals surface area contributed by atoms with E-state index in [1.807, 2.05) is 6.20 Å². The number of benzene rings is 4. The van der Waals surface area contributed by atoms with Crippen molar-refractivity contribution in [2.75, 3.05) is 32.8 Å². The van der Waals surface area contributed by atoms with Gasteiger partial charge in [0.15, 0.2) is 0 Å². The summed E-state index contributed by atoms with van der Waals surface area (Å²) >= 11 is 0. The van der Waals surface area contributed by atoms with E-state index in [1.165, 1.54) is 76.7 Å². The molecular formula is C49H59N3O3. The molecule has 1 aromatic heterocycles. The lowest BCUT2D eigenvalue weighted by Crippen LogP contribution is -2.37. The van der Waals surface area contributed by atoms with E-state index in [1.54, 1.807) is 21.3 Å². The quantitative estimate of drug-likeness (QED) is 0.0904. The molecule has 0 aliphatic heterocycles. The monoisotopic (exact) mass is 737 g/mol. The molecule has 2 aliphatic rings. The predicted molar refractivity (Wildman–Crippen MR) is 227 cm³/mol. The Balaban J connectivity index is 1.11. The molecular weight excluding hydrogens is 679 g/mol. The fourth-order valence-corrected chi connectivity index (χ4v) is 8.64. The smallest absolute Gasteiger partial charge is 0.126 e. The van der Waals surface area contributed by atoms with Crippen molar-refractivity contribution >= 4 is 5.69 Å². The first-order valence-electron chi connectivity index (χ1n) is 20.5. The summed E-state index contributed by atoms with van der Waals surface area (Å²) in [6, 6.07) is 29.6. The molecule has 1 atom stereocenters. The highest BCUT2D eigenvalue weighted by molar-refractivity contribution is 5.73. The molecule has 6 heteroatoms. The van der Waals surface area contributed by atoms with Crippen LogP contribution in [0.3, 0.4) is 0 Å². The highest BCUT2D eigenvalue weighted by atomic mass is 16.5. The first kappa shape index (κ1) is 38.5. The summed E-state index contributed by atoms with van der Waals surface area (Å²) in [5, 5.41) is 3.80. The molecule has 55 heavy (non-hydrogen) atoms. The zero-order chi connectivity index (χ0) is 38.3. The second-order valence-electron chi connectivity index (χ2n) is 15.4. The molecule has 6 nitrogen and oxygen atoms in total. The van der Waals surface area contributed by atoms with E-state index in [2.05, 4.69) is 110 Å². The Kier molecular flexibility index (Phi) is 12.4. The van der Waals surface area contributed by atoms with Gasteiger partial charge in [-0.3, -0.25) is 4.98 Å². The number of aryl methyl sites for hydroxylation is 2. The van der Waals surface area contributed by atoms with Crippen LogP contribution in [0.5, 0.6) is 17.2 Å². The number of ether oxygens (including phenoxy) is 3. The lowest BCUT2D eigenvalue weighted by molar-refractivity contribution is 0.385. The summed E-state index contributed by atoms with van der Waals surface area (Å²) in [4.78, 5) is 7.44. The average molecular weight is 738 g/mol. The largest absolute Gasteiger partial charge is 0.496 e. The summed E-state index contributed by atoms with van der Waals surface area (Å²) in [5.41, 5.74) is 15.1. The van der Waals surface area contributed by atoms with E-state index in [0.717, 1.165) is 85.0 Å². The third kappa shape index (κ3) is 8.70. The van der Waals surface area contributed by atoms with E-state index in [9.17, 15) is 0 Å². The number of fused-ring (bicyclic) bond motifs is 1. The van der Waals surface area contributed by atoms with Crippen LogP contribution >= 0.6 is 0 Å². The second-order valence-corrected chi connectivity index (χ2v) is 15.4. The van der Waals surface area contributed by atoms with Crippen molar-refractivity contribution in [2.24, 2.45) is 0 Å². The molecule has 1 saturated carbocycles. The minimum atomic E-state index is 0.352. The Hall–Kier alpha value is -4.81. The number of hydrogen-bond donors (Lipinski definition) is 1. The van der Waals surface area contributed by atoms with Gasteiger partial charge in [0.25, 0.3) is 0 Å². The molecule has 7 rings (SSSR count). The first-order valence-corrected chi connectivity index (χ1v) is 20.5. The summed E-state index contributed by atoms with van der Waals surface area (Å²) in [6.45, 7) is 9.23. The average Bonchev–Trinajstić information content (AvgIpc) is 3.96. The maximum Gasteiger partial charge on any atom is 0.126 e. The van der Waals surface area contributed by atoms with Crippen LogP contribution in [0.25, 0.3) is 22.4 Å². The van der Waals surface area contributed by atoms with Gasteiger partial charge in [-0.25, -0.2) is 0 Å². The molecule has 2 aliphatic carbocycles. The van der Waals surface area contributed by atoms with Crippen molar-refractivity contribution in [3.05, 3.63) is 124 Å². The van der Waals surface area contributed by atoms with Crippen molar-refractivity contribution in [1.82, 2.24) is 10.3 Å². The second kappa shape index (κ2) is 17.8. The lowest BCUT2D eigenvalue weighted by atomic mass is 9.95. The number of aromatic nitrogens is 1. The van der Waals surface area contributed by atoms with Crippen LogP contribution in [0.15, 0.2) is 85.1 Å². The molecule has 1 N–H and O–H groups in total. The number of rotatable bonds is 18. The van der Waals surface area contributed by atoms with Gasteiger partial charge in [-0.15, -0.1) is 0 Å². The molecule has 0 amide bonds. The van der Waals surface area contributed by atoms with Crippen molar-refractivity contribution in [3.63, 3.8) is 0 Å². The van der Waals surface area contributed by atoms with Gasteiger partial charge in [-0.1, -0.05) is 50.6 Å². The molecule has 1 unspecified atom stereocenters. The Morgan fingerprint density at radius 1 is 0.818 bits per heavy atom. The van der Waals surface area contributed by atoms with Crippen molar-refractivity contribution < 1.29 is 14.2 Å². The van der Waals surface area contributed by atoms with Crippen LogP contribution in [-0.4, -0.2) is 38.9 Å². The van der Waals surface area contributed by atoms with E-state index in [-0.39, 0.29) is 0 Å². The fraction of sp³-hybridized carbons (Fsp3) is 0.408. The number of nitrogens with one attached hydrogen (secondary N) is 1. The standard InChI is InChI=1S/C49H59N3O3/c1-7-12-44-48(54-5)28-39(29-49(44)55-6)43-16-10-9-13-38(43)32-52(42-20-19-35-14-11-15-37(35)26-42)41(8-2)22-23-50-31-34-21-24-51-46(25-34)40-27-45(36-17-18-36)33(3)47(30-40)53-4/h9-10,13,16,19-21,24-30,36,41,50H,7-8,11-12,14-15,17-18,22-23,31-32H2,1-6H3. The maximum atomic E-state index is 5.93. The van der Waals surface area contributed by atoms with Gasteiger partial charge >= 0.3 is 0 Å². The topological polar surface area (TPSA) is 55.9 Å².